The summed E-state index contributed by atoms with van der Waals surface area (Å²) in [7, 11) is 0. The van der Waals surface area contributed by atoms with Gasteiger partial charge in [-0.05, 0) is 46.6 Å². The number of nitrogens with one attached hydrogen (secondary N) is 2. The molecule has 2 aromatic rings. The average Bonchev–Trinajstić information content (AvgIpc) is 2.84. The Bertz CT molecular complexity index is 394. The molecule has 0 radical (unpaired) electrons. The lowest BCUT2D eigenvalue weighted by Gasteiger charge is -2.01. The third-order valence-electron chi connectivity index (χ3n) is 2.15. The highest BCUT2D eigenvalue weighted by molar-refractivity contribution is 9.11. The van der Waals surface area contributed by atoms with Crippen LogP contribution < -0.4 is 5.32 Å². The largest absolute Gasteiger partial charge is 0.364 e. The Hall–Kier alpha value is -0.580. The molecule has 0 aliphatic heterocycles. The molecule has 0 aliphatic carbocycles. The van der Waals surface area contributed by atoms with E-state index in [2.05, 4.69) is 44.4 Å². The van der Waals surface area contributed by atoms with Gasteiger partial charge in [-0.1, -0.05) is 0 Å². The second-order valence-electron chi connectivity index (χ2n) is 3.33. The van der Waals surface area contributed by atoms with Gasteiger partial charge in [0, 0.05) is 29.9 Å². The van der Waals surface area contributed by atoms with Crippen LogP contribution in [0, 0.1) is 0 Å². The normalized spacial score (nSPS) is 10.7. The van der Waals surface area contributed by atoms with E-state index in [1.807, 2.05) is 12.3 Å². The predicted molar refractivity (Wildman–Crippen MR) is 68.2 cm³/mol. The SMILES string of the molecule is Brc1ccc(CCNCc2ccc[nH]2)s1. The minimum Gasteiger partial charge on any atom is -0.364 e. The average molecular weight is 285 g/mol. The first-order valence-corrected chi connectivity index (χ1v) is 6.53. The number of halogens is 1. The van der Waals surface area contributed by atoms with Crippen molar-refractivity contribution in [3.63, 3.8) is 0 Å². The summed E-state index contributed by atoms with van der Waals surface area (Å²) in [6, 6.07) is 8.39. The van der Waals surface area contributed by atoms with Crippen LogP contribution in [-0.4, -0.2) is 11.5 Å². The lowest BCUT2D eigenvalue weighted by molar-refractivity contribution is 0.681. The molecule has 0 unspecified atom stereocenters. The summed E-state index contributed by atoms with van der Waals surface area (Å²) in [5, 5.41) is 3.41. The fraction of sp³-hybridized carbons (Fsp3) is 0.273. The summed E-state index contributed by atoms with van der Waals surface area (Å²) in [4.78, 5) is 4.59. The molecule has 4 heteroatoms. The molecule has 0 aromatic carbocycles. The number of H-pyrrole nitrogens is 1. The van der Waals surface area contributed by atoms with Gasteiger partial charge >= 0.3 is 0 Å². The van der Waals surface area contributed by atoms with Gasteiger partial charge in [-0.3, -0.25) is 0 Å². The molecule has 2 heterocycles. The van der Waals surface area contributed by atoms with Crippen molar-refractivity contribution in [1.82, 2.24) is 10.3 Å². The van der Waals surface area contributed by atoms with Crippen molar-refractivity contribution in [3.05, 3.63) is 44.8 Å². The van der Waals surface area contributed by atoms with Gasteiger partial charge in [0.2, 0.25) is 0 Å². The number of aromatic nitrogens is 1. The van der Waals surface area contributed by atoms with Crippen LogP contribution in [0.15, 0.2) is 34.2 Å². The fourth-order valence-corrected chi connectivity index (χ4v) is 2.88. The van der Waals surface area contributed by atoms with Crippen molar-refractivity contribution < 1.29 is 0 Å². The van der Waals surface area contributed by atoms with Crippen LogP contribution in [0.3, 0.4) is 0 Å². The number of aromatic amines is 1. The lowest BCUT2D eigenvalue weighted by atomic mass is 10.3. The Kier molecular flexibility index (Phi) is 4.00. The smallest absolute Gasteiger partial charge is 0.0701 e. The van der Waals surface area contributed by atoms with Crippen LogP contribution in [0.2, 0.25) is 0 Å². The van der Waals surface area contributed by atoms with E-state index in [1.165, 1.54) is 14.4 Å². The van der Waals surface area contributed by atoms with Crippen LogP contribution in [0.1, 0.15) is 10.6 Å². The monoisotopic (exact) mass is 284 g/mol. The van der Waals surface area contributed by atoms with E-state index in [0.717, 1.165) is 19.5 Å². The Morgan fingerprint density at radius 1 is 1.33 bits per heavy atom. The van der Waals surface area contributed by atoms with Crippen molar-refractivity contribution >= 4 is 27.3 Å². The zero-order valence-corrected chi connectivity index (χ0v) is 10.7. The van der Waals surface area contributed by atoms with E-state index < -0.39 is 0 Å². The maximum atomic E-state index is 3.47. The van der Waals surface area contributed by atoms with Gasteiger partial charge in [0.15, 0.2) is 0 Å². The van der Waals surface area contributed by atoms with E-state index in [4.69, 9.17) is 0 Å². The molecule has 2 rings (SSSR count). The lowest BCUT2D eigenvalue weighted by Crippen LogP contribution is -2.16. The highest BCUT2D eigenvalue weighted by atomic mass is 79.9. The first kappa shape index (κ1) is 10.9. The second-order valence-corrected chi connectivity index (χ2v) is 5.88. The topological polar surface area (TPSA) is 27.8 Å². The highest BCUT2D eigenvalue weighted by Crippen LogP contribution is 2.21. The maximum absolute atomic E-state index is 3.47. The molecule has 0 fully saturated rings. The Morgan fingerprint density at radius 2 is 2.27 bits per heavy atom. The van der Waals surface area contributed by atoms with Crippen molar-refractivity contribution in [1.29, 1.82) is 0 Å². The van der Waals surface area contributed by atoms with Crippen molar-refractivity contribution in [2.24, 2.45) is 0 Å². The maximum Gasteiger partial charge on any atom is 0.0701 e. The molecule has 0 bridgehead atoms. The van der Waals surface area contributed by atoms with Crippen LogP contribution in [0.25, 0.3) is 0 Å². The Labute approximate surface area is 102 Å². The first-order chi connectivity index (χ1) is 7.34. The van der Waals surface area contributed by atoms with Crippen LogP contribution in [-0.2, 0) is 13.0 Å². The van der Waals surface area contributed by atoms with E-state index in [-0.39, 0.29) is 0 Å². The number of rotatable bonds is 5. The summed E-state index contributed by atoms with van der Waals surface area (Å²) < 4.78 is 1.21. The number of hydrogen-bond donors (Lipinski definition) is 2. The van der Waals surface area contributed by atoms with Gasteiger partial charge in [0.1, 0.15) is 0 Å². The zero-order valence-electron chi connectivity index (χ0n) is 8.29. The van der Waals surface area contributed by atoms with E-state index in [9.17, 15) is 0 Å². The number of hydrogen-bond acceptors (Lipinski definition) is 2. The van der Waals surface area contributed by atoms with Crippen molar-refractivity contribution in [2.45, 2.75) is 13.0 Å². The molecule has 0 saturated carbocycles. The van der Waals surface area contributed by atoms with E-state index in [0.29, 0.717) is 0 Å². The van der Waals surface area contributed by atoms with Crippen molar-refractivity contribution in [3.8, 4) is 0 Å². The molecule has 2 aromatic heterocycles. The van der Waals surface area contributed by atoms with Crippen molar-refractivity contribution in [2.75, 3.05) is 6.54 Å². The highest BCUT2D eigenvalue weighted by Gasteiger charge is 1.97. The summed E-state index contributed by atoms with van der Waals surface area (Å²) in [5.41, 5.74) is 1.24. The summed E-state index contributed by atoms with van der Waals surface area (Å²) in [6.07, 6.45) is 3.05. The molecule has 15 heavy (non-hydrogen) atoms. The van der Waals surface area contributed by atoms with Crippen LogP contribution in [0.5, 0.6) is 0 Å². The van der Waals surface area contributed by atoms with Gasteiger partial charge in [0.05, 0.1) is 3.79 Å². The van der Waals surface area contributed by atoms with Crippen LogP contribution in [0.4, 0.5) is 0 Å². The molecule has 0 atom stereocenters. The molecular formula is C11H13BrN2S. The van der Waals surface area contributed by atoms with Crippen LogP contribution >= 0.6 is 27.3 Å². The minimum atomic E-state index is 0.916. The van der Waals surface area contributed by atoms with E-state index >= 15 is 0 Å². The third kappa shape index (κ3) is 3.48. The molecule has 0 amide bonds. The summed E-state index contributed by atoms with van der Waals surface area (Å²) in [6.45, 7) is 1.94. The third-order valence-corrected chi connectivity index (χ3v) is 3.84. The van der Waals surface area contributed by atoms with Gasteiger partial charge in [-0.2, -0.15) is 0 Å². The molecular weight excluding hydrogens is 272 g/mol. The molecule has 2 N–H and O–H groups in total. The predicted octanol–water partition coefficient (Wildman–Crippen LogP) is 3.17. The van der Waals surface area contributed by atoms with Gasteiger partial charge < -0.3 is 10.3 Å². The van der Waals surface area contributed by atoms with Gasteiger partial charge in [-0.15, -0.1) is 11.3 Å². The molecule has 0 spiro atoms. The molecule has 80 valence electrons. The quantitative estimate of drug-likeness (QED) is 0.811. The zero-order chi connectivity index (χ0) is 10.5. The Balaban J connectivity index is 1.67. The fourth-order valence-electron chi connectivity index (χ4n) is 1.40. The van der Waals surface area contributed by atoms with Gasteiger partial charge in [-0.25, -0.2) is 0 Å². The standard InChI is InChI=1S/C11H13BrN2S/c12-11-4-3-10(15-11)5-7-13-8-9-2-1-6-14-9/h1-4,6,13-14H,5,7-8H2. The van der Waals surface area contributed by atoms with E-state index in [1.54, 1.807) is 11.3 Å². The molecule has 2 nitrogen and oxygen atoms in total. The second kappa shape index (κ2) is 5.49. The van der Waals surface area contributed by atoms with Gasteiger partial charge in [0.25, 0.3) is 0 Å². The summed E-state index contributed by atoms with van der Waals surface area (Å²) in [5.74, 6) is 0. The first-order valence-electron chi connectivity index (χ1n) is 4.92. The number of thiophene rings is 1. The summed E-state index contributed by atoms with van der Waals surface area (Å²) >= 11 is 5.27. The molecule has 0 aliphatic rings. The molecule has 0 saturated heterocycles. The minimum absolute atomic E-state index is 0.916. The Morgan fingerprint density at radius 3 is 2.93 bits per heavy atom.